The minimum absolute atomic E-state index is 0.00143. The van der Waals surface area contributed by atoms with Crippen molar-refractivity contribution in [3.8, 4) is 0 Å². The lowest BCUT2D eigenvalue weighted by Gasteiger charge is -2.42. The summed E-state index contributed by atoms with van der Waals surface area (Å²) >= 11 is 0. The molecule has 3 fully saturated rings. The van der Waals surface area contributed by atoms with Gasteiger partial charge in [-0.15, -0.1) is 0 Å². The molecule has 0 radical (unpaired) electrons. The van der Waals surface area contributed by atoms with Crippen LogP contribution in [0.4, 0.5) is 9.59 Å². The molecule has 40 heavy (non-hydrogen) atoms. The smallest absolute Gasteiger partial charge is 0.407 e. The number of hydrogen-bond donors (Lipinski definition) is 4. The van der Waals surface area contributed by atoms with Crippen molar-refractivity contribution in [2.75, 3.05) is 46.5 Å². The molecule has 0 aromatic heterocycles. The summed E-state index contributed by atoms with van der Waals surface area (Å²) in [7, 11) is 1.64. The summed E-state index contributed by atoms with van der Waals surface area (Å²) in [4.78, 5) is 35.5. The third-order valence-corrected chi connectivity index (χ3v) is 7.98. The van der Waals surface area contributed by atoms with E-state index < -0.39 is 23.9 Å². The minimum atomic E-state index is -0.576. The number of ether oxygens (including phenoxy) is 5. The maximum absolute atomic E-state index is 12.5. The van der Waals surface area contributed by atoms with Gasteiger partial charge >= 0.3 is 12.2 Å². The third kappa shape index (κ3) is 9.05. The molecule has 6 atom stereocenters. The Morgan fingerprint density at radius 3 is 2.33 bits per heavy atom. The lowest BCUT2D eigenvalue weighted by Crippen LogP contribution is -2.56. The van der Waals surface area contributed by atoms with Crippen LogP contribution in [0.5, 0.6) is 0 Å². The largest absolute Gasteiger partial charge is 0.448 e. The van der Waals surface area contributed by atoms with Gasteiger partial charge in [0.2, 0.25) is 5.91 Å². The summed E-state index contributed by atoms with van der Waals surface area (Å²) in [5, 5.41) is 8.07. The molecule has 5 N–H and O–H groups in total. The lowest BCUT2D eigenvalue weighted by atomic mass is 9.68. The molecular formula is C28H48N4O8. The van der Waals surface area contributed by atoms with Crippen LogP contribution in [0.25, 0.3) is 0 Å². The molecule has 3 aliphatic rings. The highest BCUT2D eigenvalue weighted by Gasteiger charge is 2.72. The number of allylic oxidation sites excluding steroid dienone is 1. The van der Waals surface area contributed by atoms with Crippen LogP contribution in [0.15, 0.2) is 11.6 Å². The number of amides is 3. The summed E-state index contributed by atoms with van der Waals surface area (Å²) in [5.41, 5.74) is 5.80. The highest BCUT2D eigenvalue weighted by atomic mass is 16.6. The van der Waals surface area contributed by atoms with Gasteiger partial charge in [0.15, 0.2) is 0 Å². The minimum Gasteiger partial charge on any atom is -0.448 e. The van der Waals surface area contributed by atoms with E-state index in [2.05, 4.69) is 42.8 Å². The summed E-state index contributed by atoms with van der Waals surface area (Å²) in [6.07, 6.45) is 6.14. The number of carbonyl (C=O) groups excluding carboxylic acids is 3. The van der Waals surface area contributed by atoms with Crippen LogP contribution in [0, 0.1) is 5.92 Å². The van der Waals surface area contributed by atoms with Gasteiger partial charge in [-0.05, 0) is 52.9 Å². The highest BCUT2D eigenvalue weighted by Crippen LogP contribution is 2.59. The Bertz CT molecular complexity index is 892. The van der Waals surface area contributed by atoms with E-state index in [4.69, 9.17) is 29.4 Å². The SMILES string of the molecule is COC1C(OC(=O)NCCOC(=O)NCCCCCCNC(=O)CN)CC[C@]2(CO2)C1C1(C)O[C@@H]1CC=C(C)C. The maximum Gasteiger partial charge on any atom is 0.407 e. The van der Waals surface area contributed by atoms with Crippen molar-refractivity contribution in [2.24, 2.45) is 11.7 Å². The predicted molar refractivity (Wildman–Crippen MR) is 148 cm³/mol. The number of epoxide rings is 2. The van der Waals surface area contributed by atoms with E-state index in [0.717, 1.165) is 38.5 Å². The molecule has 2 heterocycles. The van der Waals surface area contributed by atoms with Gasteiger partial charge in [-0.25, -0.2) is 9.59 Å². The van der Waals surface area contributed by atoms with E-state index in [1.807, 2.05) is 0 Å². The second kappa shape index (κ2) is 15.0. The average Bonchev–Trinajstić information content (AvgIpc) is 3.84. The van der Waals surface area contributed by atoms with E-state index in [9.17, 15) is 14.4 Å². The van der Waals surface area contributed by atoms with Crippen molar-refractivity contribution in [2.45, 2.75) is 95.2 Å². The maximum atomic E-state index is 12.5. The number of carbonyl (C=O) groups is 3. The topological polar surface area (TPSA) is 166 Å². The monoisotopic (exact) mass is 568 g/mol. The van der Waals surface area contributed by atoms with Gasteiger partial charge in [-0.2, -0.15) is 0 Å². The van der Waals surface area contributed by atoms with Gasteiger partial charge < -0.3 is 45.4 Å². The Morgan fingerprint density at radius 1 is 1.02 bits per heavy atom. The van der Waals surface area contributed by atoms with Crippen LogP contribution in [-0.4, -0.2) is 94.1 Å². The van der Waals surface area contributed by atoms with Crippen LogP contribution >= 0.6 is 0 Å². The molecule has 12 nitrogen and oxygen atoms in total. The quantitative estimate of drug-likeness (QED) is 0.124. The molecular weight excluding hydrogens is 520 g/mol. The number of unbranched alkanes of at least 4 members (excludes halogenated alkanes) is 3. The Labute approximate surface area is 237 Å². The van der Waals surface area contributed by atoms with Crippen LogP contribution in [0.1, 0.15) is 65.7 Å². The standard InChI is InChI=1S/C28H48N4O8/c1-19(2)9-10-21-27(3,40-21)24-23(36-4)20(11-12-28(24)18-38-28)39-26(35)32-15-16-37-25(34)31-14-8-6-5-7-13-30-22(33)17-29/h9,20-21,23-24H,5-8,10-18,29H2,1-4H3,(H,30,33)(H,31,34)(H,32,35)/t20?,21-,23?,24?,27?,28+/m1/s1. The zero-order valence-corrected chi connectivity index (χ0v) is 24.4. The van der Waals surface area contributed by atoms with Crippen molar-refractivity contribution in [3.05, 3.63) is 11.6 Å². The third-order valence-electron chi connectivity index (χ3n) is 7.98. The Morgan fingerprint density at radius 2 is 1.70 bits per heavy atom. The lowest BCUT2D eigenvalue weighted by molar-refractivity contribution is -0.119. The predicted octanol–water partition coefficient (Wildman–Crippen LogP) is 2.15. The summed E-state index contributed by atoms with van der Waals surface area (Å²) in [6, 6.07) is 0. The van der Waals surface area contributed by atoms with Crippen LogP contribution in [0.3, 0.4) is 0 Å². The van der Waals surface area contributed by atoms with E-state index >= 15 is 0 Å². The number of rotatable bonds is 16. The number of methoxy groups -OCH3 is 1. The molecule has 0 aromatic carbocycles. The number of nitrogens with one attached hydrogen (secondary N) is 3. The molecule has 1 spiro atoms. The fraction of sp³-hybridized carbons (Fsp3) is 0.821. The van der Waals surface area contributed by atoms with E-state index in [1.54, 1.807) is 7.11 Å². The Kier molecular flexibility index (Phi) is 12.0. The molecule has 2 saturated heterocycles. The first-order chi connectivity index (χ1) is 19.1. The first-order valence-electron chi connectivity index (χ1n) is 14.4. The van der Waals surface area contributed by atoms with Gasteiger partial charge in [-0.1, -0.05) is 24.5 Å². The summed E-state index contributed by atoms with van der Waals surface area (Å²) in [5.74, 6) is -0.200. The van der Waals surface area contributed by atoms with Crippen molar-refractivity contribution in [1.82, 2.24) is 16.0 Å². The van der Waals surface area contributed by atoms with Gasteiger partial charge in [0, 0.05) is 20.2 Å². The first kappa shape index (κ1) is 32.1. The number of nitrogens with two attached hydrogens (primary N) is 1. The van der Waals surface area contributed by atoms with Crippen molar-refractivity contribution >= 4 is 18.1 Å². The second-order valence-corrected chi connectivity index (χ2v) is 11.3. The van der Waals surface area contributed by atoms with Gasteiger partial charge in [0.25, 0.3) is 0 Å². The van der Waals surface area contributed by atoms with Gasteiger partial charge in [-0.3, -0.25) is 4.79 Å². The van der Waals surface area contributed by atoms with Crippen molar-refractivity contribution in [1.29, 1.82) is 0 Å². The number of alkyl carbamates (subject to hydrolysis) is 2. The fourth-order valence-corrected chi connectivity index (χ4v) is 5.69. The number of hydrogen-bond acceptors (Lipinski definition) is 9. The molecule has 1 saturated carbocycles. The molecule has 12 heteroatoms. The van der Waals surface area contributed by atoms with Crippen molar-refractivity contribution in [3.63, 3.8) is 0 Å². The zero-order valence-electron chi connectivity index (χ0n) is 24.4. The van der Waals surface area contributed by atoms with Gasteiger partial charge in [0.1, 0.15) is 30.0 Å². The zero-order chi connectivity index (χ0) is 29.2. The first-order valence-corrected chi connectivity index (χ1v) is 14.4. The summed E-state index contributed by atoms with van der Waals surface area (Å²) < 4.78 is 28.9. The molecule has 4 unspecified atom stereocenters. The van der Waals surface area contributed by atoms with Crippen LogP contribution in [0.2, 0.25) is 0 Å². The fourth-order valence-electron chi connectivity index (χ4n) is 5.69. The molecule has 0 bridgehead atoms. The van der Waals surface area contributed by atoms with E-state index in [-0.39, 0.29) is 49.3 Å². The molecule has 0 aromatic rings. The van der Waals surface area contributed by atoms with Crippen LogP contribution in [-0.2, 0) is 28.5 Å². The average molecular weight is 569 g/mol. The molecule has 1 aliphatic carbocycles. The molecule has 228 valence electrons. The van der Waals surface area contributed by atoms with E-state index in [0.29, 0.717) is 26.1 Å². The normalized spacial score (nSPS) is 30.2. The van der Waals surface area contributed by atoms with E-state index in [1.165, 1.54) is 5.57 Å². The second-order valence-electron chi connectivity index (χ2n) is 11.3. The Hall–Kier alpha value is -2.41. The summed E-state index contributed by atoms with van der Waals surface area (Å²) in [6.45, 7) is 8.17. The Balaban J connectivity index is 1.31. The highest BCUT2D eigenvalue weighted by molar-refractivity contribution is 5.77. The molecule has 3 rings (SSSR count). The molecule has 3 amide bonds. The molecule has 2 aliphatic heterocycles. The van der Waals surface area contributed by atoms with Crippen LogP contribution < -0.4 is 21.7 Å². The van der Waals surface area contributed by atoms with Crippen molar-refractivity contribution < 1.29 is 38.1 Å². The van der Waals surface area contributed by atoms with Gasteiger partial charge in [0.05, 0.1) is 31.7 Å².